The van der Waals surface area contributed by atoms with E-state index in [9.17, 15) is 15.0 Å². The molecule has 17 heavy (non-hydrogen) atoms. The standard InChI is InChI=1S/C8H15NO6P.Al/c10-4-9-8-7(12)6(11)3-5(15-8)1-2-16(13)14;/h5-8,11-14H,1-3H2,(H,9,10);. The zero-order valence-corrected chi connectivity index (χ0v) is 11.1. The lowest BCUT2D eigenvalue weighted by atomic mass is 10.00. The molecule has 0 aromatic heterocycles. The number of nitrogens with one attached hydrogen (secondary N) is 1. The summed E-state index contributed by atoms with van der Waals surface area (Å²) in [6.07, 6.45) is -2.85. The smallest absolute Gasteiger partial charge is 0.281 e. The molecule has 1 aliphatic heterocycles. The summed E-state index contributed by atoms with van der Waals surface area (Å²) in [6, 6.07) is 0. The molecule has 2 radical (unpaired) electrons. The monoisotopic (exact) mass is 279 g/mol. The summed E-state index contributed by atoms with van der Waals surface area (Å²) in [5, 5.41) is 21.5. The van der Waals surface area contributed by atoms with Gasteiger partial charge in [0, 0.05) is 12.6 Å². The van der Waals surface area contributed by atoms with Gasteiger partial charge in [0.25, 0.3) is 16.3 Å². The van der Waals surface area contributed by atoms with Gasteiger partial charge >= 0.3 is 0 Å². The van der Waals surface area contributed by atoms with Crippen molar-refractivity contribution in [2.24, 2.45) is 0 Å². The van der Waals surface area contributed by atoms with Crippen LogP contribution in [0.3, 0.4) is 0 Å². The summed E-state index contributed by atoms with van der Waals surface area (Å²) >= 11 is 1.89. The SMILES string of the molecule is O=[C]([Al])NC1OC(CCP(O)O)CC(O)C1O. The minimum Gasteiger partial charge on any atom is -0.390 e. The summed E-state index contributed by atoms with van der Waals surface area (Å²) in [4.78, 5) is 28.4. The maximum atomic E-state index is 10.8. The molecule has 96 valence electrons. The van der Waals surface area contributed by atoms with Crippen LogP contribution in [-0.4, -0.2) is 71.8 Å². The van der Waals surface area contributed by atoms with Gasteiger partial charge < -0.3 is 34.8 Å². The predicted octanol–water partition coefficient (Wildman–Crippen LogP) is -1.61. The summed E-state index contributed by atoms with van der Waals surface area (Å²) in [5.41, 5.74) is 0. The van der Waals surface area contributed by atoms with Crippen LogP contribution in [0.4, 0.5) is 4.79 Å². The highest BCUT2D eigenvalue weighted by molar-refractivity contribution is 7.45. The lowest BCUT2D eigenvalue weighted by molar-refractivity contribution is -0.174. The summed E-state index contributed by atoms with van der Waals surface area (Å²) in [5.74, 6) is 0. The van der Waals surface area contributed by atoms with Crippen molar-refractivity contribution in [2.75, 3.05) is 6.16 Å². The number of aliphatic hydroxyl groups excluding tert-OH is 2. The average Bonchev–Trinajstić information content (AvgIpc) is 2.21. The highest BCUT2D eigenvalue weighted by Crippen LogP contribution is 2.28. The average molecular weight is 279 g/mol. The first-order valence-corrected chi connectivity index (χ1v) is 7.14. The third kappa shape index (κ3) is 5.16. The first-order chi connectivity index (χ1) is 7.90. The summed E-state index contributed by atoms with van der Waals surface area (Å²) < 4.78 is 4.91. The van der Waals surface area contributed by atoms with Crippen LogP contribution in [0.15, 0.2) is 0 Å². The van der Waals surface area contributed by atoms with E-state index in [1.165, 1.54) is 0 Å². The van der Waals surface area contributed by atoms with E-state index >= 15 is 0 Å². The Labute approximate surface area is 108 Å². The molecule has 1 rings (SSSR count). The number of ether oxygens (including phenoxy) is 1. The number of rotatable bonds is 4. The Morgan fingerprint density at radius 3 is 2.65 bits per heavy atom. The molecule has 0 aliphatic carbocycles. The molecule has 4 atom stereocenters. The molecule has 5 N–H and O–H groups in total. The van der Waals surface area contributed by atoms with Crippen LogP contribution in [0, 0.1) is 0 Å². The van der Waals surface area contributed by atoms with Gasteiger partial charge in [0.2, 0.25) is 0 Å². The van der Waals surface area contributed by atoms with Crippen molar-refractivity contribution >= 4 is 29.4 Å². The van der Waals surface area contributed by atoms with E-state index in [4.69, 9.17) is 14.5 Å². The third-order valence-corrected chi connectivity index (χ3v) is 3.31. The highest BCUT2D eigenvalue weighted by Gasteiger charge is 2.36. The summed E-state index contributed by atoms with van der Waals surface area (Å²) in [7, 11) is -2.00. The number of carbonyl (C=O) groups excluding carboxylic acids is 1. The Balaban J connectivity index is 2.50. The van der Waals surface area contributed by atoms with Crippen LogP contribution in [-0.2, 0) is 4.74 Å². The fraction of sp³-hybridized carbons (Fsp3) is 0.875. The van der Waals surface area contributed by atoms with Gasteiger partial charge in [-0.15, -0.1) is 0 Å². The van der Waals surface area contributed by atoms with E-state index in [-0.39, 0.29) is 12.6 Å². The number of amides is 1. The van der Waals surface area contributed by atoms with E-state index in [2.05, 4.69) is 5.32 Å². The Bertz CT molecular complexity index is 268. The van der Waals surface area contributed by atoms with Crippen LogP contribution in [0.5, 0.6) is 0 Å². The Hall–Kier alpha value is 0.232. The van der Waals surface area contributed by atoms with Gasteiger partial charge in [0.05, 0.1) is 17.0 Å². The second-order valence-electron chi connectivity index (χ2n) is 3.87. The molecule has 1 aliphatic rings. The van der Waals surface area contributed by atoms with Crippen molar-refractivity contribution in [1.29, 1.82) is 0 Å². The molecule has 0 aromatic rings. The van der Waals surface area contributed by atoms with Crippen molar-refractivity contribution in [1.82, 2.24) is 5.32 Å². The molecule has 9 heteroatoms. The van der Waals surface area contributed by atoms with Crippen molar-refractivity contribution < 1.29 is 29.5 Å². The maximum absolute atomic E-state index is 10.8. The van der Waals surface area contributed by atoms with Crippen LogP contribution >= 0.6 is 8.38 Å². The highest BCUT2D eigenvalue weighted by atomic mass is 31.2. The Kier molecular flexibility index (Phi) is 6.28. The van der Waals surface area contributed by atoms with Crippen LogP contribution in [0.25, 0.3) is 0 Å². The van der Waals surface area contributed by atoms with Gasteiger partial charge in [-0.25, -0.2) is 0 Å². The molecule has 7 nitrogen and oxygen atoms in total. The fourth-order valence-electron chi connectivity index (χ4n) is 1.66. The topological polar surface area (TPSA) is 119 Å². The van der Waals surface area contributed by atoms with Crippen molar-refractivity contribution in [3.05, 3.63) is 0 Å². The minimum absolute atomic E-state index is 0.171. The number of hydrogen-bond acceptors (Lipinski definition) is 6. The van der Waals surface area contributed by atoms with Gasteiger partial charge in [-0.1, -0.05) is 0 Å². The van der Waals surface area contributed by atoms with E-state index < -0.39 is 37.7 Å². The number of aliphatic hydroxyl groups is 2. The van der Waals surface area contributed by atoms with Crippen molar-refractivity contribution in [3.8, 4) is 0 Å². The van der Waals surface area contributed by atoms with Crippen molar-refractivity contribution in [3.63, 3.8) is 0 Å². The van der Waals surface area contributed by atoms with Gasteiger partial charge in [-0.05, 0) is 6.42 Å². The van der Waals surface area contributed by atoms with Gasteiger partial charge in [-0.3, -0.25) is 0 Å². The van der Waals surface area contributed by atoms with Crippen LogP contribution < -0.4 is 5.32 Å². The first kappa shape index (κ1) is 15.3. The lowest BCUT2D eigenvalue weighted by Crippen LogP contribution is -2.56. The van der Waals surface area contributed by atoms with Gasteiger partial charge in [0.1, 0.15) is 6.10 Å². The third-order valence-electron chi connectivity index (χ3n) is 2.48. The Morgan fingerprint density at radius 2 is 2.12 bits per heavy atom. The fourth-order valence-corrected chi connectivity index (χ4v) is 2.34. The lowest BCUT2D eigenvalue weighted by Gasteiger charge is -2.37. The largest absolute Gasteiger partial charge is 0.390 e. The molecular weight excluding hydrogens is 264 g/mol. The number of carbonyl (C=O) groups is 1. The van der Waals surface area contributed by atoms with Crippen LogP contribution in [0.2, 0.25) is 0 Å². The van der Waals surface area contributed by atoms with Gasteiger partial charge in [-0.2, -0.15) is 0 Å². The summed E-state index contributed by atoms with van der Waals surface area (Å²) in [6.45, 7) is 0. The molecule has 0 aromatic carbocycles. The molecule has 0 bridgehead atoms. The molecule has 0 spiro atoms. The van der Waals surface area contributed by atoms with E-state index in [1.54, 1.807) is 0 Å². The second-order valence-corrected chi connectivity index (χ2v) is 5.58. The first-order valence-electron chi connectivity index (χ1n) is 5.13. The molecular formula is C8H15AlNO6P. The predicted molar refractivity (Wildman–Crippen MR) is 60.4 cm³/mol. The van der Waals surface area contributed by atoms with E-state index in [1.807, 2.05) is 16.3 Å². The van der Waals surface area contributed by atoms with Crippen LogP contribution in [0.1, 0.15) is 12.8 Å². The van der Waals surface area contributed by atoms with Gasteiger partial charge in [0.15, 0.2) is 14.6 Å². The Morgan fingerprint density at radius 1 is 1.47 bits per heavy atom. The molecule has 1 heterocycles. The molecule has 1 fully saturated rings. The molecule has 4 unspecified atom stereocenters. The van der Waals surface area contributed by atoms with E-state index in [0.29, 0.717) is 6.42 Å². The second kappa shape index (κ2) is 6.98. The van der Waals surface area contributed by atoms with E-state index in [0.717, 1.165) is 0 Å². The zero-order chi connectivity index (χ0) is 13.0. The van der Waals surface area contributed by atoms with Crippen molar-refractivity contribution in [2.45, 2.75) is 37.4 Å². The molecule has 1 saturated heterocycles. The quantitative estimate of drug-likeness (QED) is 0.312. The number of hydrogen-bond donors (Lipinski definition) is 5. The maximum Gasteiger partial charge on any atom is 0.281 e. The molecule has 1 amide bonds. The molecule has 0 saturated carbocycles. The normalized spacial score (nSPS) is 33.7. The minimum atomic E-state index is -2.00. The zero-order valence-electron chi connectivity index (χ0n) is 9.06.